The monoisotopic (exact) mass is 531 g/mol. The smallest absolute Gasteiger partial charge is 0.298 e. The zero-order valence-electron chi connectivity index (χ0n) is 18.8. The Morgan fingerprint density at radius 3 is 2.25 bits per heavy atom. The first kappa shape index (κ1) is 26.0. The van der Waals surface area contributed by atoms with Crippen LogP contribution in [0.4, 0.5) is 26.3 Å². The Morgan fingerprint density at radius 2 is 1.69 bits per heavy atom. The van der Waals surface area contributed by atoms with Gasteiger partial charge in [-0.3, -0.25) is 9.36 Å². The topological polar surface area (TPSA) is 56.9 Å². The first-order valence-electron chi connectivity index (χ1n) is 11.0. The van der Waals surface area contributed by atoms with E-state index in [0.29, 0.717) is 22.5 Å². The molecule has 3 aromatic rings. The first-order chi connectivity index (χ1) is 16.8. The van der Waals surface area contributed by atoms with E-state index in [9.17, 15) is 35.9 Å². The van der Waals surface area contributed by atoms with Gasteiger partial charge in [0.05, 0.1) is 11.1 Å². The lowest BCUT2D eigenvalue weighted by molar-refractivity contribution is -0.162. The van der Waals surface area contributed by atoms with E-state index in [-0.39, 0.29) is 6.04 Å². The average molecular weight is 532 g/mol. The molecule has 5 nitrogen and oxygen atoms in total. The van der Waals surface area contributed by atoms with Gasteiger partial charge in [-0.2, -0.15) is 26.3 Å². The number of Topliss-reactive ketones (excluding diaryl/α,β-unsaturated/α-hetero) is 1. The Morgan fingerprint density at radius 1 is 1.06 bits per heavy atom. The van der Waals surface area contributed by atoms with Crippen LogP contribution in [0.1, 0.15) is 54.8 Å². The van der Waals surface area contributed by atoms with Crippen molar-refractivity contribution < 1.29 is 31.1 Å². The molecule has 1 unspecified atom stereocenters. The second-order valence-electron chi connectivity index (χ2n) is 8.78. The van der Waals surface area contributed by atoms with Crippen molar-refractivity contribution >= 4 is 17.4 Å². The molecular weight excluding hydrogens is 512 g/mol. The molecular formula is C24H20ClF6N3O2. The van der Waals surface area contributed by atoms with E-state index in [2.05, 4.69) is 5.10 Å². The molecule has 0 radical (unpaired) electrons. The summed E-state index contributed by atoms with van der Waals surface area (Å²) in [5.74, 6) is -1.50. The van der Waals surface area contributed by atoms with Crippen molar-refractivity contribution in [1.29, 1.82) is 0 Å². The van der Waals surface area contributed by atoms with Gasteiger partial charge in [-0.15, -0.1) is 5.10 Å². The predicted octanol–water partition coefficient (Wildman–Crippen LogP) is 6.50. The second-order valence-corrected chi connectivity index (χ2v) is 9.22. The van der Waals surface area contributed by atoms with Crippen molar-refractivity contribution in [2.45, 2.75) is 57.0 Å². The molecule has 1 aliphatic carbocycles. The number of rotatable bonds is 7. The Labute approximate surface area is 206 Å². The fourth-order valence-corrected chi connectivity index (χ4v) is 4.32. The molecule has 0 aliphatic heterocycles. The summed E-state index contributed by atoms with van der Waals surface area (Å²) in [4.78, 5) is 25.7. The van der Waals surface area contributed by atoms with E-state index < -0.39 is 59.4 Å². The van der Waals surface area contributed by atoms with Crippen LogP contribution in [0.15, 0.2) is 47.3 Å². The first-order valence-corrected chi connectivity index (χ1v) is 11.4. The standard InChI is InChI=1S/C24H20ClF6N3O2/c1-13(18-3-2-4-19(23(26,27)28)20(18)24(29,30)31)11-17(35)12-33-22(36)34(16-9-10-16)21(32-33)14-5-7-15(25)8-6-14/h2-8,13,16H,9-12H2,1H3. The number of hydrogen-bond donors (Lipinski definition) is 0. The minimum absolute atomic E-state index is 0.0783. The molecule has 36 heavy (non-hydrogen) atoms. The Bertz CT molecular complexity index is 1340. The molecule has 0 amide bonds. The third kappa shape index (κ3) is 5.35. The van der Waals surface area contributed by atoms with Crippen LogP contribution < -0.4 is 5.69 Å². The van der Waals surface area contributed by atoms with Gasteiger partial charge in [-0.05, 0) is 54.7 Å². The summed E-state index contributed by atoms with van der Waals surface area (Å²) < 4.78 is 83.0. The number of nitrogens with zero attached hydrogens (tertiary/aromatic N) is 3. The predicted molar refractivity (Wildman–Crippen MR) is 120 cm³/mol. The van der Waals surface area contributed by atoms with Crippen LogP contribution in [0, 0.1) is 0 Å². The van der Waals surface area contributed by atoms with Crippen LogP contribution in [-0.4, -0.2) is 20.1 Å². The molecule has 2 aromatic carbocycles. The van der Waals surface area contributed by atoms with Gasteiger partial charge in [0.15, 0.2) is 11.6 Å². The van der Waals surface area contributed by atoms with E-state index >= 15 is 0 Å². The Kier molecular flexibility index (Phi) is 6.80. The lowest BCUT2D eigenvalue weighted by Crippen LogP contribution is -2.28. The SMILES string of the molecule is CC(CC(=O)Cn1nc(-c2ccc(Cl)cc2)n(C2CC2)c1=O)c1cccc(C(F)(F)F)c1C(F)(F)F. The molecule has 1 aromatic heterocycles. The van der Waals surface area contributed by atoms with Crippen LogP contribution in [0.25, 0.3) is 11.4 Å². The Balaban J connectivity index is 1.61. The Hall–Kier alpha value is -3.08. The van der Waals surface area contributed by atoms with Crippen molar-refractivity contribution in [2.75, 3.05) is 0 Å². The highest BCUT2D eigenvalue weighted by molar-refractivity contribution is 6.30. The number of hydrogen-bond acceptors (Lipinski definition) is 3. The number of halogens is 7. The summed E-state index contributed by atoms with van der Waals surface area (Å²) in [6.45, 7) is 0.719. The summed E-state index contributed by atoms with van der Waals surface area (Å²) in [7, 11) is 0. The molecule has 1 saturated carbocycles. The zero-order valence-corrected chi connectivity index (χ0v) is 19.6. The number of alkyl halides is 6. The highest BCUT2D eigenvalue weighted by Crippen LogP contribution is 2.44. The second kappa shape index (κ2) is 9.42. The van der Waals surface area contributed by atoms with Crippen molar-refractivity contribution in [2.24, 2.45) is 0 Å². The van der Waals surface area contributed by atoms with E-state index in [1.54, 1.807) is 24.3 Å². The van der Waals surface area contributed by atoms with Crippen molar-refractivity contribution in [3.05, 3.63) is 74.7 Å². The molecule has 0 bridgehead atoms. The normalized spacial score (nSPS) is 15.2. The van der Waals surface area contributed by atoms with Crippen LogP contribution in [0.3, 0.4) is 0 Å². The highest BCUT2D eigenvalue weighted by Gasteiger charge is 2.45. The summed E-state index contributed by atoms with van der Waals surface area (Å²) in [6, 6.07) is 8.69. The van der Waals surface area contributed by atoms with E-state index in [4.69, 9.17) is 11.6 Å². The van der Waals surface area contributed by atoms with E-state index in [1.807, 2.05) is 0 Å². The summed E-state index contributed by atoms with van der Waals surface area (Å²) in [6.07, 6.45) is -9.49. The molecule has 0 spiro atoms. The number of ketones is 1. The van der Waals surface area contributed by atoms with Gasteiger partial charge >= 0.3 is 18.0 Å². The van der Waals surface area contributed by atoms with Crippen molar-refractivity contribution in [1.82, 2.24) is 14.3 Å². The van der Waals surface area contributed by atoms with Crippen molar-refractivity contribution in [3.8, 4) is 11.4 Å². The largest absolute Gasteiger partial charge is 0.417 e. The van der Waals surface area contributed by atoms with Gasteiger partial charge in [0.25, 0.3) is 0 Å². The molecule has 4 rings (SSSR count). The summed E-state index contributed by atoms with van der Waals surface area (Å²) in [5, 5.41) is 4.75. The maximum Gasteiger partial charge on any atom is 0.417 e. The van der Waals surface area contributed by atoms with Crippen LogP contribution in [-0.2, 0) is 23.7 Å². The quantitative estimate of drug-likeness (QED) is 0.327. The molecule has 1 heterocycles. The molecule has 1 fully saturated rings. The molecule has 192 valence electrons. The molecule has 1 aliphatic rings. The maximum atomic E-state index is 13.6. The highest BCUT2D eigenvalue weighted by atomic mass is 35.5. The summed E-state index contributed by atoms with van der Waals surface area (Å²) >= 11 is 5.92. The van der Waals surface area contributed by atoms with Gasteiger partial charge in [-0.25, -0.2) is 9.48 Å². The van der Waals surface area contributed by atoms with Crippen LogP contribution in [0.5, 0.6) is 0 Å². The number of benzene rings is 2. The number of aromatic nitrogens is 3. The van der Waals surface area contributed by atoms with Crippen molar-refractivity contribution in [3.63, 3.8) is 0 Å². The van der Waals surface area contributed by atoms with Crippen LogP contribution in [0.2, 0.25) is 5.02 Å². The van der Waals surface area contributed by atoms with E-state index in [1.165, 1.54) is 11.5 Å². The minimum Gasteiger partial charge on any atom is -0.298 e. The average Bonchev–Trinajstić information content (AvgIpc) is 3.57. The third-order valence-electron chi connectivity index (χ3n) is 5.96. The van der Waals surface area contributed by atoms with Crippen LogP contribution >= 0.6 is 11.6 Å². The molecule has 0 saturated heterocycles. The molecule has 1 atom stereocenters. The lowest BCUT2D eigenvalue weighted by atomic mass is 9.88. The summed E-state index contributed by atoms with van der Waals surface area (Å²) in [5.41, 5.74) is -4.19. The van der Waals surface area contributed by atoms with Gasteiger partial charge in [0, 0.05) is 23.0 Å². The lowest BCUT2D eigenvalue weighted by Gasteiger charge is -2.22. The number of carbonyl (C=O) groups excluding carboxylic acids is 1. The fourth-order valence-electron chi connectivity index (χ4n) is 4.20. The molecule has 0 N–H and O–H groups in total. The number of carbonyl (C=O) groups is 1. The van der Waals surface area contributed by atoms with Gasteiger partial charge < -0.3 is 0 Å². The molecule has 12 heteroatoms. The minimum atomic E-state index is -5.27. The zero-order chi connectivity index (χ0) is 26.4. The maximum absolute atomic E-state index is 13.6. The van der Waals surface area contributed by atoms with Gasteiger partial charge in [0.2, 0.25) is 0 Å². The third-order valence-corrected chi connectivity index (χ3v) is 6.21. The fraction of sp³-hybridized carbons (Fsp3) is 0.375. The van der Waals surface area contributed by atoms with Gasteiger partial charge in [-0.1, -0.05) is 30.7 Å². The van der Waals surface area contributed by atoms with Gasteiger partial charge in [0.1, 0.15) is 6.54 Å². The van der Waals surface area contributed by atoms with E-state index in [0.717, 1.165) is 29.7 Å².